The fourth-order valence-electron chi connectivity index (χ4n) is 2.13. The molecule has 0 aliphatic heterocycles. The van der Waals surface area contributed by atoms with Crippen molar-refractivity contribution >= 4 is 23.9 Å². The molecule has 0 amide bonds. The number of nitrogens with two attached hydrogens (primary N) is 2. The zero-order chi connectivity index (χ0) is 24.5. The smallest absolute Gasteiger partial charge is 0.414 e. The van der Waals surface area contributed by atoms with Crippen molar-refractivity contribution < 1.29 is 39.6 Å². The summed E-state index contributed by atoms with van der Waals surface area (Å²) in [6.07, 6.45) is 0.791. The van der Waals surface area contributed by atoms with E-state index in [0.717, 1.165) is 11.1 Å². The zero-order valence-electron chi connectivity index (χ0n) is 16.9. The molecule has 0 radical (unpaired) electrons. The third-order valence-electron chi connectivity index (χ3n) is 3.75. The Kier molecular flexibility index (Phi) is 14.0. The molecule has 2 atom stereocenters. The second-order valence-electron chi connectivity index (χ2n) is 6.10. The first-order valence-electron chi connectivity index (χ1n) is 9.04. The predicted octanol–water partition coefficient (Wildman–Crippen LogP) is -0.553. The Balaban J connectivity index is 0.000000484. The predicted molar refractivity (Wildman–Crippen MR) is 113 cm³/mol. The Morgan fingerprint density at radius 1 is 0.625 bits per heavy atom. The molecule has 0 aliphatic carbocycles. The number of hydrazine groups is 2. The van der Waals surface area contributed by atoms with Crippen LogP contribution in [0.15, 0.2) is 60.7 Å². The summed E-state index contributed by atoms with van der Waals surface area (Å²) in [5.41, 5.74) is 6.40. The zero-order valence-corrected chi connectivity index (χ0v) is 16.9. The van der Waals surface area contributed by atoms with Crippen LogP contribution in [0.2, 0.25) is 0 Å². The summed E-state index contributed by atoms with van der Waals surface area (Å²) in [7, 11) is 0. The normalized spacial score (nSPS) is 11.4. The van der Waals surface area contributed by atoms with Gasteiger partial charge in [0.25, 0.3) is 0 Å². The largest absolute Gasteiger partial charge is 0.480 e. The van der Waals surface area contributed by atoms with Crippen molar-refractivity contribution in [2.24, 2.45) is 11.7 Å². The number of carbonyl (C=O) groups is 4. The number of hydrogen-bond acceptors (Lipinski definition) is 8. The minimum absolute atomic E-state index is 0.396. The summed E-state index contributed by atoms with van der Waals surface area (Å²) < 4.78 is 0. The lowest BCUT2D eigenvalue weighted by molar-refractivity contribution is -0.159. The van der Waals surface area contributed by atoms with E-state index in [1.165, 1.54) is 0 Å². The van der Waals surface area contributed by atoms with Crippen molar-refractivity contribution in [1.29, 1.82) is 0 Å². The molecule has 0 aromatic heterocycles. The Hall–Kier alpha value is -3.84. The van der Waals surface area contributed by atoms with E-state index in [1.807, 2.05) is 60.7 Å². The average Bonchev–Trinajstić information content (AvgIpc) is 2.77. The maximum absolute atomic E-state index is 10.6. The number of carboxylic acids is 4. The summed E-state index contributed by atoms with van der Waals surface area (Å²) in [5, 5.41) is 32.2. The number of hydrogen-bond donors (Lipinski definition) is 8. The maximum atomic E-state index is 10.6. The van der Waals surface area contributed by atoms with Crippen LogP contribution in [0.3, 0.4) is 0 Å². The summed E-state index contributed by atoms with van der Waals surface area (Å²) in [6.45, 7) is 0. The van der Waals surface area contributed by atoms with Gasteiger partial charge in [0.2, 0.25) is 0 Å². The highest BCUT2D eigenvalue weighted by Gasteiger charge is 2.15. The molecule has 2 aromatic carbocycles. The summed E-state index contributed by atoms with van der Waals surface area (Å²) in [4.78, 5) is 39.4. The summed E-state index contributed by atoms with van der Waals surface area (Å²) >= 11 is 0. The second kappa shape index (κ2) is 15.9. The van der Waals surface area contributed by atoms with Crippen molar-refractivity contribution in [3.8, 4) is 0 Å². The third kappa shape index (κ3) is 12.7. The van der Waals surface area contributed by atoms with Crippen LogP contribution in [-0.2, 0) is 32.0 Å². The highest BCUT2D eigenvalue weighted by atomic mass is 16.4. The monoisotopic (exact) mass is 450 g/mol. The Morgan fingerprint density at radius 3 is 1.09 bits per heavy atom. The van der Waals surface area contributed by atoms with Crippen LogP contribution in [0, 0.1) is 0 Å². The molecule has 12 nitrogen and oxygen atoms in total. The van der Waals surface area contributed by atoms with E-state index in [9.17, 15) is 9.59 Å². The number of nitrogens with one attached hydrogen (secondary N) is 2. The van der Waals surface area contributed by atoms with Crippen molar-refractivity contribution in [3.63, 3.8) is 0 Å². The topological polar surface area (TPSA) is 225 Å². The van der Waals surface area contributed by atoms with Crippen molar-refractivity contribution in [1.82, 2.24) is 10.9 Å². The van der Waals surface area contributed by atoms with Crippen molar-refractivity contribution in [2.45, 2.75) is 24.9 Å². The fourth-order valence-corrected chi connectivity index (χ4v) is 2.13. The van der Waals surface area contributed by atoms with Gasteiger partial charge in [-0.25, -0.2) is 20.4 Å². The fraction of sp³-hybridized carbons (Fsp3) is 0.200. The molecule has 0 aliphatic rings. The van der Waals surface area contributed by atoms with E-state index in [0.29, 0.717) is 12.8 Å². The number of rotatable bonds is 8. The van der Waals surface area contributed by atoms with Gasteiger partial charge in [-0.2, -0.15) is 0 Å². The standard InChI is InChI=1S/2C9H12N2O2.C2H2O4/c2*10-11-8(9(12)13)6-7-4-2-1-3-5-7;3-1(4)2(5)6/h2*1-5,8,11H,6,10H2,(H,12,13);(H,3,4)(H,5,6)/t2*8-;/m00./s1. The molecule has 0 heterocycles. The molecule has 0 fully saturated rings. The quantitative estimate of drug-likeness (QED) is 0.144. The molecule has 12 heteroatoms. The molecule has 32 heavy (non-hydrogen) atoms. The van der Waals surface area contributed by atoms with Gasteiger partial charge in [0, 0.05) is 0 Å². The number of aliphatic carboxylic acids is 4. The van der Waals surface area contributed by atoms with Crippen LogP contribution < -0.4 is 22.5 Å². The number of carboxylic acid groups (broad SMARTS) is 4. The highest BCUT2D eigenvalue weighted by Crippen LogP contribution is 2.03. The molecule has 174 valence electrons. The van der Waals surface area contributed by atoms with Gasteiger partial charge in [0.05, 0.1) is 0 Å². The van der Waals surface area contributed by atoms with E-state index >= 15 is 0 Å². The molecule has 0 saturated carbocycles. The van der Waals surface area contributed by atoms with Gasteiger partial charge in [-0.1, -0.05) is 60.7 Å². The molecule has 2 aromatic rings. The molecule has 0 saturated heterocycles. The van der Waals surface area contributed by atoms with Gasteiger partial charge in [-0.15, -0.1) is 0 Å². The average molecular weight is 450 g/mol. The minimum atomic E-state index is -1.82. The van der Waals surface area contributed by atoms with Crippen LogP contribution >= 0.6 is 0 Å². The van der Waals surface area contributed by atoms with Gasteiger partial charge in [-0.05, 0) is 24.0 Å². The number of benzene rings is 2. The van der Waals surface area contributed by atoms with Gasteiger partial charge in [0.15, 0.2) is 0 Å². The van der Waals surface area contributed by atoms with Crippen LogP contribution in [0.5, 0.6) is 0 Å². The van der Waals surface area contributed by atoms with Gasteiger partial charge < -0.3 is 20.4 Å². The Morgan fingerprint density at radius 2 is 0.906 bits per heavy atom. The second-order valence-corrected chi connectivity index (χ2v) is 6.10. The molecular weight excluding hydrogens is 424 g/mol. The third-order valence-corrected chi connectivity index (χ3v) is 3.75. The first kappa shape index (κ1) is 28.2. The maximum Gasteiger partial charge on any atom is 0.414 e. The van der Waals surface area contributed by atoms with E-state index in [-0.39, 0.29) is 0 Å². The van der Waals surface area contributed by atoms with E-state index < -0.39 is 36.0 Å². The van der Waals surface area contributed by atoms with Crippen LogP contribution in [0.4, 0.5) is 0 Å². The molecule has 0 spiro atoms. The molecule has 2 rings (SSSR count). The van der Waals surface area contributed by atoms with Crippen molar-refractivity contribution in [3.05, 3.63) is 71.8 Å². The minimum Gasteiger partial charge on any atom is -0.480 e. The highest BCUT2D eigenvalue weighted by molar-refractivity contribution is 6.27. The molecule has 10 N–H and O–H groups in total. The van der Waals surface area contributed by atoms with Crippen molar-refractivity contribution in [2.75, 3.05) is 0 Å². The van der Waals surface area contributed by atoms with E-state index in [4.69, 9.17) is 41.7 Å². The van der Waals surface area contributed by atoms with E-state index in [2.05, 4.69) is 10.9 Å². The lowest BCUT2D eigenvalue weighted by atomic mass is 10.1. The SMILES string of the molecule is NN[C@@H](Cc1ccccc1)C(=O)O.NN[C@@H](Cc1ccccc1)C(=O)O.O=C(O)C(=O)O. The molecule has 0 unspecified atom stereocenters. The van der Waals surface area contributed by atoms with Gasteiger partial charge in [0.1, 0.15) is 12.1 Å². The Labute approximate surface area is 183 Å². The molecule has 0 bridgehead atoms. The van der Waals surface area contributed by atoms with Gasteiger partial charge >= 0.3 is 23.9 Å². The molecular formula is C20H26N4O8. The van der Waals surface area contributed by atoms with Crippen LogP contribution in [0.25, 0.3) is 0 Å². The summed E-state index contributed by atoms with van der Waals surface area (Å²) in [5.74, 6) is 4.66. The van der Waals surface area contributed by atoms with E-state index in [1.54, 1.807) is 0 Å². The summed E-state index contributed by atoms with van der Waals surface area (Å²) in [6, 6.07) is 17.3. The first-order chi connectivity index (χ1) is 15.1. The lowest BCUT2D eigenvalue weighted by Gasteiger charge is -2.09. The van der Waals surface area contributed by atoms with Crippen LogP contribution in [0.1, 0.15) is 11.1 Å². The Bertz CT molecular complexity index is 778. The van der Waals surface area contributed by atoms with Crippen LogP contribution in [-0.4, -0.2) is 56.4 Å². The first-order valence-corrected chi connectivity index (χ1v) is 9.04. The van der Waals surface area contributed by atoms with Gasteiger partial charge in [-0.3, -0.25) is 21.3 Å². The lowest BCUT2D eigenvalue weighted by Crippen LogP contribution is -2.42.